The van der Waals surface area contributed by atoms with Gasteiger partial charge < -0.3 is 25.4 Å². The molecule has 142 valence electrons. The van der Waals surface area contributed by atoms with Crippen molar-refractivity contribution in [3.05, 3.63) is 0 Å². The van der Waals surface area contributed by atoms with Gasteiger partial charge in [-0.1, -0.05) is 0 Å². The van der Waals surface area contributed by atoms with E-state index in [1.807, 2.05) is 27.7 Å². The molecule has 1 atom stereocenters. The molecule has 0 aromatic heterocycles. The number of hydrogen-bond donors (Lipinski definition) is 3. The van der Waals surface area contributed by atoms with E-state index in [0.29, 0.717) is 13.1 Å². The summed E-state index contributed by atoms with van der Waals surface area (Å²) in [5, 5.41) is 9.21. The van der Waals surface area contributed by atoms with Gasteiger partial charge in [-0.3, -0.25) is 4.99 Å². The molecule has 1 unspecified atom stereocenters. The molecule has 0 bridgehead atoms. The lowest BCUT2D eigenvalue weighted by Crippen LogP contribution is -2.39. The first-order chi connectivity index (χ1) is 10.9. The van der Waals surface area contributed by atoms with Crippen LogP contribution in [0.15, 0.2) is 4.99 Å². The highest BCUT2D eigenvalue weighted by atomic mass is 127. The number of carbonyl (C=O) groups excluding carboxylic acids is 1. The Bertz CT molecular complexity index is 380. The molecule has 8 heteroatoms. The smallest absolute Gasteiger partial charge is 0.407 e. The van der Waals surface area contributed by atoms with E-state index in [9.17, 15) is 4.79 Å². The zero-order chi connectivity index (χ0) is 17.1. The maximum Gasteiger partial charge on any atom is 0.407 e. The number of amides is 1. The number of guanidine groups is 1. The Morgan fingerprint density at radius 1 is 1.25 bits per heavy atom. The summed E-state index contributed by atoms with van der Waals surface area (Å²) in [6, 6.07) is 0. The number of ether oxygens (including phenoxy) is 2. The lowest BCUT2D eigenvalue weighted by molar-refractivity contribution is 0.0527. The van der Waals surface area contributed by atoms with Crippen LogP contribution in [0.1, 0.15) is 47.0 Å². The summed E-state index contributed by atoms with van der Waals surface area (Å²) in [5.41, 5.74) is -0.463. The van der Waals surface area contributed by atoms with Crippen molar-refractivity contribution in [1.82, 2.24) is 16.0 Å². The maximum atomic E-state index is 11.5. The third kappa shape index (κ3) is 11.7. The SMILES string of the molecule is CCNC(=NCC1CCCO1)NCCCNC(=O)OC(C)(C)C.I. The summed E-state index contributed by atoms with van der Waals surface area (Å²) in [7, 11) is 0. The first-order valence-electron chi connectivity index (χ1n) is 8.51. The third-order valence-electron chi connectivity index (χ3n) is 3.14. The minimum absolute atomic E-state index is 0. The fraction of sp³-hybridized carbons (Fsp3) is 0.875. The van der Waals surface area contributed by atoms with Gasteiger partial charge in [0.2, 0.25) is 0 Å². The zero-order valence-corrected chi connectivity index (χ0v) is 17.6. The summed E-state index contributed by atoms with van der Waals surface area (Å²) < 4.78 is 10.7. The predicted molar refractivity (Wildman–Crippen MR) is 107 cm³/mol. The summed E-state index contributed by atoms with van der Waals surface area (Å²) in [4.78, 5) is 16.0. The Morgan fingerprint density at radius 3 is 2.54 bits per heavy atom. The van der Waals surface area contributed by atoms with Gasteiger partial charge in [-0.2, -0.15) is 0 Å². The Balaban J connectivity index is 0.00000529. The number of rotatable bonds is 7. The molecule has 1 rings (SSSR count). The highest BCUT2D eigenvalue weighted by Gasteiger charge is 2.16. The largest absolute Gasteiger partial charge is 0.444 e. The van der Waals surface area contributed by atoms with Crippen molar-refractivity contribution in [2.24, 2.45) is 4.99 Å². The Morgan fingerprint density at radius 2 is 1.96 bits per heavy atom. The monoisotopic (exact) mass is 456 g/mol. The Kier molecular flexibility index (Phi) is 12.2. The van der Waals surface area contributed by atoms with Crippen LogP contribution in [0.25, 0.3) is 0 Å². The lowest BCUT2D eigenvalue weighted by Gasteiger charge is -2.19. The van der Waals surface area contributed by atoms with E-state index in [0.717, 1.165) is 44.9 Å². The normalized spacial score (nSPS) is 17.8. The average molecular weight is 456 g/mol. The third-order valence-corrected chi connectivity index (χ3v) is 3.14. The number of hydrogen-bond acceptors (Lipinski definition) is 4. The van der Waals surface area contributed by atoms with Gasteiger partial charge in [-0.05, 0) is 47.0 Å². The number of halogens is 1. The van der Waals surface area contributed by atoms with Crippen molar-refractivity contribution in [3.8, 4) is 0 Å². The maximum absolute atomic E-state index is 11.5. The van der Waals surface area contributed by atoms with Gasteiger partial charge in [0.25, 0.3) is 0 Å². The van der Waals surface area contributed by atoms with E-state index in [1.165, 1.54) is 0 Å². The van der Waals surface area contributed by atoms with E-state index in [2.05, 4.69) is 20.9 Å². The molecule has 3 N–H and O–H groups in total. The highest BCUT2D eigenvalue weighted by molar-refractivity contribution is 14.0. The van der Waals surface area contributed by atoms with Crippen molar-refractivity contribution in [2.75, 3.05) is 32.8 Å². The van der Waals surface area contributed by atoms with Crippen LogP contribution >= 0.6 is 24.0 Å². The van der Waals surface area contributed by atoms with Gasteiger partial charge in [0.05, 0.1) is 12.6 Å². The first-order valence-corrected chi connectivity index (χ1v) is 8.51. The summed E-state index contributed by atoms with van der Waals surface area (Å²) in [5.74, 6) is 0.792. The van der Waals surface area contributed by atoms with Crippen molar-refractivity contribution in [1.29, 1.82) is 0 Å². The van der Waals surface area contributed by atoms with Crippen LogP contribution in [0.4, 0.5) is 4.79 Å². The molecule has 0 spiro atoms. The molecule has 1 amide bonds. The Hall–Kier alpha value is -0.770. The number of nitrogens with one attached hydrogen (secondary N) is 3. The molecule has 7 nitrogen and oxygen atoms in total. The van der Waals surface area contributed by atoms with Crippen molar-refractivity contribution >= 4 is 36.0 Å². The second-order valence-electron chi connectivity index (χ2n) is 6.56. The molecule has 1 heterocycles. The van der Waals surface area contributed by atoms with E-state index >= 15 is 0 Å². The van der Waals surface area contributed by atoms with E-state index in [-0.39, 0.29) is 36.2 Å². The number of alkyl carbamates (subject to hydrolysis) is 1. The molecule has 0 aliphatic carbocycles. The van der Waals surface area contributed by atoms with Gasteiger partial charge in [-0.25, -0.2) is 4.79 Å². The molecule has 0 aromatic carbocycles. The van der Waals surface area contributed by atoms with Crippen LogP contribution in [0.2, 0.25) is 0 Å². The fourth-order valence-corrected chi connectivity index (χ4v) is 2.12. The molecule has 24 heavy (non-hydrogen) atoms. The molecular weight excluding hydrogens is 423 g/mol. The lowest BCUT2D eigenvalue weighted by atomic mass is 10.2. The van der Waals surface area contributed by atoms with Crippen molar-refractivity contribution in [3.63, 3.8) is 0 Å². The fourth-order valence-electron chi connectivity index (χ4n) is 2.12. The minimum Gasteiger partial charge on any atom is -0.444 e. The van der Waals surface area contributed by atoms with Crippen LogP contribution in [0.3, 0.4) is 0 Å². The van der Waals surface area contributed by atoms with E-state index in [4.69, 9.17) is 9.47 Å². The second-order valence-corrected chi connectivity index (χ2v) is 6.56. The average Bonchev–Trinajstić information content (AvgIpc) is 2.95. The highest BCUT2D eigenvalue weighted by Crippen LogP contribution is 2.11. The molecular formula is C16H33IN4O3. The first kappa shape index (κ1) is 23.2. The molecule has 0 aromatic rings. The molecule has 0 radical (unpaired) electrons. The summed E-state index contributed by atoms with van der Waals surface area (Å²) in [6.07, 6.45) is 2.88. The number of aliphatic imine (C=N–C) groups is 1. The second kappa shape index (κ2) is 12.6. The van der Waals surface area contributed by atoms with Gasteiger partial charge in [0.15, 0.2) is 5.96 Å². The summed E-state index contributed by atoms with van der Waals surface area (Å²) >= 11 is 0. The molecule has 1 aliphatic heterocycles. The van der Waals surface area contributed by atoms with E-state index < -0.39 is 5.60 Å². The zero-order valence-electron chi connectivity index (χ0n) is 15.3. The molecule has 1 aliphatic rings. The van der Waals surface area contributed by atoms with Gasteiger partial charge >= 0.3 is 6.09 Å². The van der Waals surface area contributed by atoms with E-state index in [1.54, 1.807) is 0 Å². The Labute approximate surface area is 162 Å². The van der Waals surface area contributed by atoms with Crippen LogP contribution in [0.5, 0.6) is 0 Å². The number of carbonyl (C=O) groups is 1. The van der Waals surface area contributed by atoms with Gasteiger partial charge in [-0.15, -0.1) is 24.0 Å². The quantitative estimate of drug-likeness (QED) is 0.237. The molecule has 1 saturated heterocycles. The standard InChI is InChI=1S/C16H32N4O3.HI/c1-5-17-14(20-12-13-8-6-11-22-13)18-9-7-10-19-15(21)23-16(2,3)4;/h13H,5-12H2,1-4H3,(H,19,21)(H2,17,18,20);1H. The summed E-state index contributed by atoms with van der Waals surface area (Å²) in [6.45, 7) is 11.2. The van der Waals surface area contributed by atoms with Crippen LogP contribution in [0, 0.1) is 0 Å². The van der Waals surface area contributed by atoms with Crippen LogP contribution in [-0.4, -0.2) is 56.5 Å². The molecule has 0 saturated carbocycles. The number of nitrogens with zero attached hydrogens (tertiary/aromatic N) is 1. The topological polar surface area (TPSA) is 84.0 Å². The van der Waals surface area contributed by atoms with Crippen LogP contribution < -0.4 is 16.0 Å². The molecule has 1 fully saturated rings. The minimum atomic E-state index is -0.463. The van der Waals surface area contributed by atoms with Gasteiger partial charge in [0.1, 0.15) is 5.60 Å². The van der Waals surface area contributed by atoms with Crippen LogP contribution in [-0.2, 0) is 9.47 Å². The predicted octanol–water partition coefficient (Wildman–Crippen LogP) is 2.25. The van der Waals surface area contributed by atoms with Crippen molar-refractivity contribution < 1.29 is 14.3 Å². The van der Waals surface area contributed by atoms with Crippen molar-refractivity contribution in [2.45, 2.75) is 58.7 Å². The van der Waals surface area contributed by atoms with Gasteiger partial charge in [0, 0.05) is 26.2 Å².